The predicted molar refractivity (Wildman–Crippen MR) is 215 cm³/mol. The molecule has 1 aliphatic rings. The van der Waals surface area contributed by atoms with Gasteiger partial charge in [-0.1, -0.05) is 152 Å². The Morgan fingerprint density at radius 2 is 1.04 bits per heavy atom. The first-order chi connectivity index (χ1) is 25.3. The lowest BCUT2D eigenvalue weighted by molar-refractivity contribution is 0.670. The number of fused-ring (bicyclic) bond motifs is 6. The van der Waals surface area contributed by atoms with E-state index >= 15 is 0 Å². The average molecular weight is 656 g/mol. The van der Waals surface area contributed by atoms with Crippen molar-refractivity contribution in [3.63, 3.8) is 0 Å². The molecule has 0 atom stereocenters. The summed E-state index contributed by atoms with van der Waals surface area (Å²) in [7, 11) is 0. The van der Waals surface area contributed by atoms with Crippen LogP contribution in [0.1, 0.15) is 37.2 Å². The van der Waals surface area contributed by atoms with E-state index in [9.17, 15) is 0 Å². The van der Waals surface area contributed by atoms with E-state index in [1.165, 1.54) is 80.4 Å². The molecular formula is C49H37NO. The van der Waals surface area contributed by atoms with E-state index < -0.39 is 0 Å². The summed E-state index contributed by atoms with van der Waals surface area (Å²) in [6.45, 7) is 0. The molecule has 1 aliphatic carbocycles. The summed E-state index contributed by atoms with van der Waals surface area (Å²) in [6.07, 6.45) is 5.09. The third-order valence-corrected chi connectivity index (χ3v) is 11.0. The van der Waals surface area contributed by atoms with Crippen molar-refractivity contribution in [1.29, 1.82) is 0 Å². The minimum Gasteiger partial charge on any atom is -0.455 e. The molecule has 8 aromatic carbocycles. The smallest absolute Gasteiger partial charge is 0.143 e. The molecule has 1 saturated carbocycles. The van der Waals surface area contributed by atoms with Gasteiger partial charge in [0.25, 0.3) is 0 Å². The van der Waals surface area contributed by atoms with Crippen molar-refractivity contribution in [3.8, 4) is 22.3 Å². The largest absolute Gasteiger partial charge is 0.455 e. The molecule has 10 rings (SSSR count). The summed E-state index contributed by atoms with van der Waals surface area (Å²) in [5, 5.41) is 7.21. The Labute approximate surface area is 298 Å². The van der Waals surface area contributed by atoms with Crippen molar-refractivity contribution < 1.29 is 4.42 Å². The molecule has 0 saturated heterocycles. The van der Waals surface area contributed by atoms with Gasteiger partial charge in [-0.15, -0.1) is 0 Å². The van der Waals surface area contributed by atoms with Crippen LogP contribution < -0.4 is 4.90 Å². The normalized spacial score (nSPS) is 13.5. The second-order valence-electron chi connectivity index (χ2n) is 13.9. The van der Waals surface area contributed by atoms with Crippen molar-refractivity contribution in [3.05, 3.63) is 175 Å². The minimum absolute atomic E-state index is 0.577. The zero-order chi connectivity index (χ0) is 33.7. The highest BCUT2D eigenvalue weighted by molar-refractivity contribution is 6.21. The van der Waals surface area contributed by atoms with Crippen LogP contribution >= 0.6 is 0 Å². The van der Waals surface area contributed by atoms with Crippen molar-refractivity contribution in [2.45, 2.75) is 31.6 Å². The van der Waals surface area contributed by atoms with E-state index in [1.807, 2.05) is 0 Å². The van der Waals surface area contributed by atoms with Crippen LogP contribution in [-0.4, -0.2) is 0 Å². The van der Waals surface area contributed by atoms with Crippen LogP contribution in [0.2, 0.25) is 0 Å². The van der Waals surface area contributed by atoms with Crippen LogP contribution in [0.15, 0.2) is 174 Å². The standard InChI is InChI=1S/C49H37NO/c1-2-12-33(13-3-1)34-24-26-35(27-25-34)36-28-30-39(31-29-36)50(45-22-10-17-37-14-6-7-18-40(37)45)46-32-44-48-41(38-15-4-5-16-38)21-11-23-47(48)51-49(44)43-20-9-8-19-42(43)46/h1-3,6-14,17-32,38H,4-5,15-16H2. The highest BCUT2D eigenvalue weighted by Gasteiger charge is 2.25. The molecule has 0 aliphatic heterocycles. The first-order valence-electron chi connectivity index (χ1n) is 18.2. The number of hydrogen-bond donors (Lipinski definition) is 0. The SMILES string of the molecule is c1ccc(-c2ccc(-c3ccc(N(c4cccc5ccccc45)c4cc5c(oc6cccc(C7CCCC7)c65)c5ccccc45)cc3)cc2)cc1. The summed E-state index contributed by atoms with van der Waals surface area (Å²) in [5.41, 5.74) is 11.7. The lowest BCUT2D eigenvalue weighted by Crippen LogP contribution is -2.11. The maximum Gasteiger partial charge on any atom is 0.143 e. The molecule has 2 heteroatoms. The van der Waals surface area contributed by atoms with E-state index in [4.69, 9.17) is 4.42 Å². The van der Waals surface area contributed by atoms with E-state index in [2.05, 4.69) is 175 Å². The van der Waals surface area contributed by atoms with Crippen LogP contribution in [0, 0.1) is 0 Å². The fourth-order valence-electron chi connectivity index (χ4n) is 8.52. The van der Waals surface area contributed by atoms with Crippen LogP contribution in [-0.2, 0) is 0 Å². The van der Waals surface area contributed by atoms with E-state index in [-0.39, 0.29) is 0 Å². The van der Waals surface area contributed by atoms with Gasteiger partial charge in [0.1, 0.15) is 11.2 Å². The van der Waals surface area contributed by atoms with Gasteiger partial charge in [-0.05, 0) is 82.3 Å². The molecule has 0 radical (unpaired) electrons. The van der Waals surface area contributed by atoms with E-state index in [0.29, 0.717) is 5.92 Å². The Bertz CT molecular complexity index is 2680. The fourth-order valence-corrected chi connectivity index (χ4v) is 8.52. The van der Waals surface area contributed by atoms with Crippen molar-refractivity contribution in [2.24, 2.45) is 0 Å². The third kappa shape index (κ3) is 5.10. The Kier molecular flexibility index (Phi) is 7.20. The topological polar surface area (TPSA) is 16.4 Å². The zero-order valence-electron chi connectivity index (χ0n) is 28.4. The molecule has 51 heavy (non-hydrogen) atoms. The van der Waals surface area contributed by atoms with Crippen molar-refractivity contribution in [1.82, 2.24) is 0 Å². The van der Waals surface area contributed by atoms with Crippen LogP contribution in [0.3, 0.4) is 0 Å². The van der Waals surface area contributed by atoms with Crippen LogP contribution in [0.25, 0.3) is 65.7 Å². The first-order valence-corrected chi connectivity index (χ1v) is 18.2. The summed E-state index contributed by atoms with van der Waals surface area (Å²) in [4.78, 5) is 2.46. The van der Waals surface area contributed by atoms with Gasteiger partial charge in [0, 0.05) is 32.6 Å². The van der Waals surface area contributed by atoms with Crippen LogP contribution in [0.5, 0.6) is 0 Å². The second kappa shape index (κ2) is 12.3. The Morgan fingerprint density at radius 1 is 0.451 bits per heavy atom. The average Bonchev–Trinajstić information content (AvgIpc) is 3.88. The maximum atomic E-state index is 6.77. The minimum atomic E-state index is 0.577. The van der Waals surface area contributed by atoms with E-state index in [1.54, 1.807) is 0 Å². The van der Waals surface area contributed by atoms with Gasteiger partial charge in [0.15, 0.2) is 0 Å². The molecule has 9 aromatic rings. The summed E-state index contributed by atoms with van der Waals surface area (Å²) < 4.78 is 6.77. The van der Waals surface area contributed by atoms with Crippen LogP contribution in [0.4, 0.5) is 17.1 Å². The van der Waals surface area contributed by atoms with Gasteiger partial charge in [-0.3, -0.25) is 0 Å². The van der Waals surface area contributed by atoms with Gasteiger partial charge in [0.05, 0.1) is 11.4 Å². The molecule has 1 aromatic heterocycles. The summed E-state index contributed by atoms with van der Waals surface area (Å²) in [6, 6.07) is 61.7. The summed E-state index contributed by atoms with van der Waals surface area (Å²) in [5.74, 6) is 0.577. The number of benzene rings is 8. The molecular weight excluding hydrogens is 619 g/mol. The molecule has 0 bridgehead atoms. The molecule has 0 spiro atoms. The maximum absolute atomic E-state index is 6.77. The van der Waals surface area contributed by atoms with Gasteiger partial charge in [0.2, 0.25) is 0 Å². The predicted octanol–water partition coefficient (Wildman–Crippen LogP) is 14.4. The van der Waals surface area contributed by atoms with E-state index in [0.717, 1.165) is 33.6 Å². The second-order valence-corrected chi connectivity index (χ2v) is 13.9. The molecule has 1 fully saturated rings. The highest BCUT2D eigenvalue weighted by Crippen LogP contribution is 2.48. The van der Waals surface area contributed by atoms with Gasteiger partial charge in [-0.2, -0.15) is 0 Å². The fraction of sp³-hybridized carbons (Fsp3) is 0.102. The van der Waals surface area contributed by atoms with Gasteiger partial charge in [-0.25, -0.2) is 0 Å². The molecule has 1 heterocycles. The first kappa shape index (κ1) is 29.8. The molecule has 244 valence electrons. The zero-order valence-corrected chi connectivity index (χ0v) is 28.4. The Hall–Kier alpha value is -6.12. The number of anilines is 3. The number of rotatable bonds is 6. The summed E-state index contributed by atoms with van der Waals surface area (Å²) >= 11 is 0. The highest BCUT2D eigenvalue weighted by atomic mass is 16.3. The molecule has 0 unspecified atom stereocenters. The number of nitrogens with zero attached hydrogens (tertiary/aromatic N) is 1. The Morgan fingerprint density at radius 3 is 1.78 bits per heavy atom. The van der Waals surface area contributed by atoms with Gasteiger partial charge >= 0.3 is 0 Å². The quantitative estimate of drug-likeness (QED) is 0.177. The lowest BCUT2D eigenvalue weighted by Gasteiger charge is -2.28. The third-order valence-electron chi connectivity index (χ3n) is 11.0. The lowest BCUT2D eigenvalue weighted by atomic mass is 9.92. The monoisotopic (exact) mass is 655 g/mol. The number of furan rings is 1. The molecule has 0 N–H and O–H groups in total. The molecule has 0 amide bonds. The molecule has 2 nitrogen and oxygen atoms in total. The number of hydrogen-bond acceptors (Lipinski definition) is 2. The van der Waals surface area contributed by atoms with Crippen molar-refractivity contribution in [2.75, 3.05) is 4.90 Å². The van der Waals surface area contributed by atoms with Crippen molar-refractivity contribution >= 4 is 60.5 Å². The Balaban J connectivity index is 1.18. The van der Waals surface area contributed by atoms with Gasteiger partial charge < -0.3 is 9.32 Å².